The molecule has 0 radical (unpaired) electrons. The van der Waals surface area contributed by atoms with Crippen molar-refractivity contribution in [3.63, 3.8) is 0 Å². The summed E-state index contributed by atoms with van der Waals surface area (Å²) in [6.07, 6.45) is -3.74. The van der Waals surface area contributed by atoms with Gasteiger partial charge in [0.25, 0.3) is 0 Å². The largest absolute Gasteiger partial charge is 0.416 e. The highest BCUT2D eigenvalue weighted by Gasteiger charge is 2.30. The molecule has 32 heavy (non-hydrogen) atoms. The van der Waals surface area contributed by atoms with Crippen molar-refractivity contribution in [2.24, 2.45) is 0 Å². The van der Waals surface area contributed by atoms with Crippen molar-refractivity contribution in [2.45, 2.75) is 31.5 Å². The fourth-order valence-corrected chi connectivity index (χ4v) is 3.91. The van der Waals surface area contributed by atoms with Crippen LogP contribution in [0.15, 0.2) is 78.9 Å². The predicted octanol–water partition coefficient (Wildman–Crippen LogP) is 5.61. The zero-order chi connectivity index (χ0) is 23.1. The quantitative estimate of drug-likeness (QED) is 0.478. The minimum Gasteiger partial charge on any atom is -0.358 e. The molecule has 0 aliphatic rings. The molecule has 3 aromatic rings. The molecule has 2 atom stereocenters. The van der Waals surface area contributed by atoms with E-state index in [1.54, 1.807) is 19.2 Å². The minimum absolute atomic E-state index is 0.105. The van der Waals surface area contributed by atoms with Crippen molar-refractivity contribution in [3.8, 4) is 0 Å². The Morgan fingerprint density at radius 2 is 1.50 bits per heavy atom. The van der Waals surface area contributed by atoms with E-state index < -0.39 is 17.8 Å². The third-order valence-electron chi connectivity index (χ3n) is 5.63. The van der Waals surface area contributed by atoms with Crippen LogP contribution in [0.5, 0.6) is 0 Å². The molecule has 3 nitrogen and oxygen atoms in total. The second-order valence-corrected chi connectivity index (χ2v) is 7.73. The summed E-state index contributed by atoms with van der Waals surface area (Å²) < 4.78 is 39.1. The van der Waals surface area contributed by atoms with Crippen LogP contribution in [0.4, 0.5) is 13.2 Å². The van der Waals surface area contributed by atoms with Crippen LogP contribution in [0.3, 0.4) is 0 Å². The van der Waals surface area contributed by atoms with Crippen LogP contribution >= 0.6 is 0 Å². The van der Waals surface area contributed by atoms with Crippen LogP contribution in [-0.2, 0) is 11.0 Å². The Labute approximate surface area is 186 Å². The summed E-state index contributed by atoms with van der Waals surface area (Å²) in [7, 11) is 1.60. The first-order valence-corrected chi connectivity index (χ1v) is 10.5. The maximum atomic E-state index is 13.0. The first-order valence-electron chi connectivity index (χ1n) is 10.5. The Bertz CT molecular complexity index is 1020. The molecular weight excluding hydrogens is 413 g/mol. The maximum absolute atomic E-state index is 13.0. The number of carbonyl (C=O) groups is 1. The predicted molar refractivity (Wildman–Crippen MR) is 120 cm³/mol. The number of carbonyl (C=O) groups excluding carboxylic acids is 1. The summed E-state index contributed by atoms with van der Waals surface area (Å²) in [6.45, 7) is 2.50. The van der Waals surface area contributed by atoms with Gasteiger partial charge in [0.15, 0.2) is 0 Å². The van der Waals surface area contributed by atoms with E-state index in [-0.39, 0.29) is 11.8 Å². The highest BCUT2D eigenvalue weighted by molar-refractivity contribution is 5.82. The molecule has 0 aliphatic carbocycles. The Balaban J connectivity index is 1.83. The molecule has 0 aliphatic heterocycles. The third-order valence-corrected chi connectivity index (χ3v) is 5.63. The van der Waals surface area contributed by atoms with Crippen molar-refractivity contribution in [2.75, 3.05) is 13.6 Å². The molecule has 0 saturated carbocycles. The third kappa shape index (κ3) is 5.77. The SMILES string of the molecule is CNC(=O)[C@H](NCC[C@@H](c1ccc(C(F)(F)F)cc1)c1ccccc1C)c1ccccc1. The van der Waals surface area contributed by atoms with Crippen molar-refractivity contribution >= 4 is 5.91 Å². The van der Waals surface area contributed by atoms with E-state index >= 15 is 0 Å². The molecule has 0 fully saturated rings. The van der Waals surface area contributed by atoms with E-state index in [4.69, 9.17) is 0 Å². The molecular formula is C26H27F3N2O. The van der Waals surface area contributed by atoms with Gasteiger partial charge in [0.1, 0.15) is 6.04 Å². The van der Waals surface area contributed by atoms with Gasteiger partial charge in [-0.3, -0.25) is 4.79 Å². The number of halogens is 3. The number of hydrogen-bond donors (Lipinski definition) is 2. The lowest BCUT2D eigenvalue weighted by Gasteiger charge is -2.23. The fourth-order valence-electron chi connectivity index (χ4n) is 3.91. The maximum Gasteiger partial charge on any atom is 0.416 e. The van der Waals surface area contributed by atoms with Crippen molar-refractivity contribution < 1.29 is 18.0 Å². The molecule has 0 heterocycles. The molecule has 0 bridgehead atoms. The Morgan fingerprint density at radius 3 is 2.09 bits per heavy atom. The average Bonchev–Trinajstić information content (AvgIpc) is 2.80. The molecule has 1 amide bonds. The highest BCUT2D eigenvalue weighted by Crippen LogP contribution is 2.34. The Kier molecular flexibility index (Phi) is 7.70. The molecule has 2 N–H and O–H groups in total. The summed E-state index contributed by atoms with van der Waals surface area (Å²) in [5, 5.41) is 6.01. The zero-order valence-electron chi connectivity index (χ0n) is 18.1. The molecule has 0 unspecified atom stereocenters. The van der Waals surface area contributed by atoms with Gasteiger partial charge in [-0.25, -0.2) is 0 Å². The van der Waals surface area contributed by atoms with E-state index in [0.29, 0.717) is 13.0 Å². The van der Waals surface area contributed by atoms with E-state index in [9.17, 15) is 18.0 Å². The molecule has 3 aromatic carbocycles. The van der Waals surface area contributed by atoms with Gasteiger partial charge in [0.05, 0.1) is 5.56 Å². The lowest BCUT2D eigenvalue weighted by atomic mass is 9.85. The number of rotatable bonds is 8. The van der Waals surface area contributed by atoms with Gasteiger partial charge in [-0.1, -0.05) is 66.7 Å². The normalized spacial score (nSPS) is 13.4. The van der Waals surface area contributed by atoms with Gasteiger partial charge in [-0.05, 0) is 54.3 Å². The standard InChI is InChI=1S/C26H27F3N2O/c1-18-8-6-7-11-22(18)23(19-12-14-21(15-13-19)26(27,28)29)16-17-31-24(25(32)30-2)20-9-4-3-5-10-20/h3-15,23-24,31H,16-17H2,1-2H3,(H,30,32)/t23-,24+/m0/s1. The number of aryl methyl sites for hydroxylation is 1. The second-order valence-electron chi connectivity index (χ2n) is 7.73. The lowest BCUT2D eigenvalue weighted by Crippen LogP contribution is -2.36. The van der Waals surface area contributed by atoms with Gasteiger partial charge in [-0.15, -0.1) is 0 Å². The molecule has 0 saturated heterocycles. The number of likely N-dealkylation sites (N-methyl/N-ethyl adjacent to an activating group) is 1. The molecule has 0 spiro atoms. The summed E-state index contributed by atoms with van der Waals surface area (Å²) in [4.78, 5) is 12.4. The van der Waals surface area contributed by atoms with Crippen LogP contribution in [-0.4, -0.2) is 19.5 Å². The number of alkyl halides is 3. The molecule has 3 rings (SSSR count). The summed E-state index contributed by atoms with van der Waals surface area (Å²) in [5.41, 5.74) is 3.14. The topological polar surface area (TPSA) is 41.1 Å². The number of hydrogen-bond acceptors (Lipinski definition) is 2. The zero-order valence-corrected chi connectivity index (χ0v) is 18.1. The van der Waals surface area contributed by atoms with Gasteiger partial charge in [0, 0.05) is 13.0 Å². The van der Waals surface area contributed by atoms with E-state index in [1.807, 2.05) is 61.5 Å². The van der Waals surface area contributed by atoms with Crippen LogP contribution in [0.1, 0.15) is 46.2 Å². The van der Waals surface area contributed by atoms with Gasteiger partial charge >= 0.3 is 6.18 Å². The smallest absolute Gasteiger partial charge is 0.358 e. The van der Waals surface area contributed by atoms with E-state index in [1.165, 1.54) is 0 Å². The summed E-state index contributed by atoms with van der Waals surface area (Å²) >= 11 is 0. The fraction of sp³-hybridized carbons (Fsp3) is 0.269. The first kappa shape index (κ1) is 23.5. The van der Waals surface area contributed by atoms with Crippen molar-refractivity contribution in [1.82, 2.24) is 10.6 Å². The van der Waals surface area contributed by atoms with Crippen molar-refractivity contribution in [1.29, 1.82) is 0 Å². The minimum atomic E-state index is -4.37. The van der Waals surface area contributed by atoms with Crippen LogP contribution < -0.4 is 10.6 Å². The van der Waals surface area contributed by atoms with Gasteiger partial charge in [-0.2, -0.15) is 13.2 Å². The number of amides is 1. The monoisotopic (exact) mass is 440 g/mol. The lowest BCUT2D eigenvalue weighted by molar-refractivity contribution is -0.137. The molecule has 6 heteroatoms. The number of benzene rings is 3. The van der Waals surface area contributed by atoms with E-state index in [2.05, 4.69) is 10.6 Å². The molecule has 168 valence electrons. The Hall–Kier alpha value is -3.12. The van der Waals surface area contributed by atoms with Crippen molar-refractivity contribution in [3.05, 3.63) is 107 Å². The second kappa shape index (κ2) is 10.5. The van der Waals surface area contributed by atoms with Gasteiger partial charge in [0.2, 0.25) is 5.91 Å². The summed E-state index contributed by atoms with van der Waals surface area (Å²) in [5.74, 6) is -0.245. The Morgan fingerprint density at radius 1 is 0.875 bits per heavy atom. The average molecular weight is 441 g/mol. The van der Waals surface area contributed by atoms with Crippen LogP contribution in [0, 0.1) is 6.92 Å². The molecule has 0 aromatic heterocycles. The van der Waals surface area contributed by atoms with Crippen LogP contribution in [0.2, 0.25) is 0 Å². The van der Waals surface area contributed by atoms with Gasteiger partial charge < -0.3 is 10.6 Å². The number of nitrogens with one attached hydrogen (secondary N) is 2. The highest BCUT2D eigenvalue weighted by atomic mass is 19.4. The van der Waals surface area contributed by atoms with Crippen LogP contribution in [0.25, 0.3) is 0 Å². The summed E-state index contributed by atoms with van der Waals surface area (Å²) in [6, 6.07) is 22.2. The first-order chi connectivity index (χ1) is 15.3. The van der Waals surface area contributed by atoms with E-state index in [0.717, 1.165) is 34.4 Å².